The Balaban J connectivity index is 2.22. The molecule has 0 spiro atoms. The molecule has 21 heavy (non-hydrogen) atoms. The number of rotatable bonds is 3. The van der Waals surface area contributed by atoms with Gasteiger partial charge in [0.25, 0.3) is 11.6 Å². The average molecular weight is 296 g/mol. The molecule has 1 heterocycles. The Hall–Kier alpha value is -2.22. The summed E-state index contributed by atoms with van der Waals surface area (Å²) in [6, 6.07) is 1.72. The van der Waals surface area contributed by atoms with Crippen LogP contribution in [0, 0.1) is 15.9 Å². The largest absolute Gasteiger partial charge is 0.392 e. The lowest BCUT2D eigenvalue weighted by Gasteiger charge is -2.30. The van der Waals surface area contributed by atoms with Gasteiger partial charge in [0, 0.05) is 18.7 Å². The SMILES string of the molecule is CN1CCCC(NC(=O)c2c(F)ccc([N+](=O)[O-])c2N)C1. The van der Waals surface area contributed by atoms with E-state index in [1.165, 1.54) is 0 Å². The molecule has 0 bridgehead atoms. The summed E-state index contributed by atoms with van der Waals surface area (Å²) >= 11 is 0. The van der Waals surface area contributed by atoms with Crippen molar-refractivity contribution in [3.8, 4) is 0 Å². The number of amides is 1. The Labute approximate surface area is 121 Å². The fraction of sp³-hybridized carbons (Fsp3) is 0.462. The second kappa shape index (κ2) is 6.04. The van der Waals surface area contributed by atoms with Crippen LogP contribution in [-0.4, -0.2) is 41.9 Å². The number of hydrogen-bond donors (Lipinski definition) is 2. The van der Waals surface area contributed by atoms with Gasteiger partial charge in [-0.15, -0.1) is 0 Å². The van der Waals surface area contributed by atoms with E-state index < -0.39 is 33.6 Å². The van der Waals surface area contributed by atoms with Gasteiger partial charge in [0.05, 0.1) is 4.92 Å². The van der Waals surface area contributed by atoms with E-state index >= 15 is 0 Å². The maximum atomic E-state index is 13.8. The van der Waals surface area contributed by atoms with Crippen LogP contribution in [0.2, 0.25) is 0 Å². The van der Waals surface area contributed by atoms with Gasteiger partial charge >= 0.3 is 0 Å². The zero-order valence-electron chi connectivity index (χ0n) is 11.6. The number of hydrogen-bond acceptors (Lipinski definition) is 5. The maximum absolute atomic E-state index is 13.8. The lowest BCUT2D eigenvalue weighted by molar-refractivity contribution is -0.384. The van der Waals surface area contributed by atoms with E-state index in [2.05, 4.69) is 10.2 Å². The fourth-order valence-corrected chi connectivity index (χ4v) is 2.51. The molecule has 3 N–H and O–H groups in total. The number of nitrogen functional groups attached to an aromatic ring is 1. The minimum Gasteiger partial charge on any atom is -0.392 e. The molecule has 1 aliphatic rings. The van der Waals surface area contributed by atoms with Gasteiger partial charge < -0.3 is 16.0 Å². The van der Waals surface area contributed by atoms with Crippen LogP contribution in [0.1, 0.15) is 23.2 Å². The number of benzene rings is 1. The first-order valence-corrected chi connectivity index (χ1v) is 6.62. The molecular weight excluding hydrogens is 279 g/mol. The lowest BCUT2D eigenvalue weighted by Crippen LogP contribution is -2.46. The van der Waals surface area contributed by atoms with Crippen LogP contribution in [0.5, 0.6) is 0 Å². The monoisotopic (exact) mass is 296 g/mol. The van der Waals surface area contributed by atoms with E-state index in [0.29, 0.717) is 6.54 Å². The molecule has 2 rings (SSSR count). The summed E-state index contributed by atoms with van der Waals surface area (Å²) in [7, 11) is 1.93. The molecule has 1 saturated heterocycles. The summed E-state index contributed by atoms with van der Waals surface area (Å²) in [5.41, 5.74) is 4.19. The highest BCUT2D eigenvalue weighted by Crippen LogP contribution is 2.27. The standard InChI is InChI=1S/C13H17FN4O3/c1-17-6-2-3-8(7-17)16-13(19)11-9(14)4-5-10(12(11)15)18(20)21/h4-5,8H,2-3,6-7,15H2,1H3,(H,16,19). The van der Waals surface area contributed by atoms with Gasteiger partial charge in [-0.1, -0.05) is 0 Å². The number of halogens is 1. The molecule has 1 atom stereocenters. The number of likely N-dealkylation sites (N-methyl/N-ethyl adjacent to an activating group) is 1. The normalized spacial score (nSPS) is 19.2. The summed E-state index contributed by atoms with van der Waals surface area (Å²) < 4.78 is 13.8. The van der Waals surface area contributed by atoms with Crippen molar-refractivity contribution < 1.29 is 14.1 Å². The number of nitro benzene ring substituents is 1. The molecule has 1 aromatic carbocycles. The summed E-state index contributed by atoms with van der Waals surface area (Å²) in [4.78, 5) is 24.3. The molecule has 1 unspecified atom stereocenters. The van der Waals surface area contributed by atoms with Crippen molar-refractivity contribution >= 4 is 17.3 Å². The third-order valence-corrected chi connectivity index (χ3v) is 3.56. The van der Waals surface area contributed by atoms with Crippen molar-refractivity contribution in [1.82, 2.24) is 10.2 Å². The van der Waals surface area contributed by atoms with Gasteiger partial charge in [-0.25, -0.2) is 4.39 Å². The number of nitrogens with one attached hydrogen (secondary N) is 1. The van der Waals surface area contributed by atoms with Crippen molar-refractivity contribution in [3.63, 3.8) is 0 Å². The van der Waals surface area contributed by atoms with Gasteiger partial charge in [0.1, 0.15) is 17.1 Å². The van der Waals surface area contributed by atoms with Gasteiger partial charge in [-0.3, -0.25) is 14.9 Å². The number of carbonyl (C=O) groups excluding carboxylic acids is 1. The molecule has 0 aliphatic carbocycles. The lowest BCUT2D eigenvalue weighted by atomic mass is 10.0. The third kappa shape index (κ3) is 3.27. The highest BCUT2D eigenvalue weighted by molar-refractivity contribution is 6.01. The summed E-state index contributed by atoms with van der Waals surface area (Å²) in [5.74, 6) is -1.58. The number of carbonyl (C=O) groups is 1. The maximum Gasteiger partial charge on any atom is 0.293 e. The number of likely N-dealkylation sites (tertiary alicyclic amines) is 1. The molecule has 114 valence electrons. The first-order chi connectivity index (χ1) is 9.90. The number of nitro groups is 1. The molecule has 0 saturated carbocycles. The van der Waals surface area contributed by atoms with E-state index in [4.69, 9.17) is 5.73 Å². The summed E-state index contributed by atoms with van der Waals surface area (Å²) in [6.45, 7) is 1.60. The molecule has 0 aromatic heterocycles. The van der Waals surface area contributed by atoms with E-state index in [1.54, 1.807) is 0 Å². The van der Waals surface area contributed by atoms with Crippen LogP contribution in [0.3, 0.4) is 0 Å². The van der Waals surface area contributed by atoms with E-state index in [1.807, 2.05) is 7.05 Å². The number of nitrogens with zero attached hydrogens (tertiary/aromatic N) is 2. The smallest absolute Gasteiger partial charge is 0.293 e. The predicted molar refractivity (Wildman–Crippen MR) is 75.5 cm³/mol. The fourth-order valence-electron chi connectivity index (χ4n) is 2.51. The van der Waals surface area contributed by atoms with Crippen LogP contribution in [0.15, 0.2) is 12.1 Å². The highest BCUT2D eigenvalue weighted by atomic mass is 19.1. The van der Waals surface area contributed by atoms with Crippen LogP contribution >= 0.6 is 0 Å². The number of nitrogens with two attached hydrogens (primary N) is 1. The van der Waals surface area contributed by atoms with Gasteiger partial charge in [-0.2, -0.15) is 0 Å². The highest BCUT2D eigenvalue weighted by Gasteiger charge is 2.26. The zero-order chi connectivity index (χ0) is 15.6. The molecule has 7 nitrogen and oxygen atoms in total. The predicted octanol–water partition coefficient (Wildman–Crippen LogP) is 1.14. The van der Waals surface area contributed by atoms with E-state index in [0.717, 1.165) is 31.5 Å². The minimum absolute atomic E-state index is 0.116. The molecule has 1 fully saturated rings. The molecule has 1 aliphatic heterocycles. The Morgan fingerprint density at radius 1 is 1.57 bits per heavy atom. The van der Waals surface area contributed by atoms with Crippen LogP contribution in [0.25, 0.3) is 0 Å². The first kappa shape index (κ1) is 15.2. The molecule has 1 aromatic rings. The van der Waals surface area contributed by atoms with Crippen LogP contribution in [-0.2, 0) is 0 Å². The zero-order valence-corrected chi connectivity index (χ0v) is 11.6. The van der Waals surface area contributed by atoms with Gasteiger partial charge in [0.15, 0.2) is 0 Å². The van der Waals surface area contributed by atoms with Crippen LogP contribution in [0.4, 0.5) is 15.8 Å². The topological polar surface area (TPSA) is 102 Å². The van der Waals surface area contributed by atoms with Gasteiger partial charge in [-0.05, 0) is 32.5 Å². The second-order valence-electron chi connectivity index (χ2n) is 5.19. The Morgan fingerprint density at radius 2 is 2.29 bits per heavy atom. The van der Waals surface area contributed by atoms with Crippen molar-refractivity contribution in [2.45, 2.75) is 18.9 Å². The third-order valence-electron chi connectivity index (χ3n) is 3.56. The summed E-state index contributed by atoms with van der Waals surface area (Å²) in [6.07, 6.45) is 1.71. The quantitative estimate of drug-likeness (QED) is 0.495. The van der Waals surface area contributed by atoms with E-state index in [-0.39, 0.29) is 6.04 Å². The molecule has 0 radical (unpaired) electrons. The number of piperidine rings is 1. The van der Waals surface area contributed by atoms with Crippen LogP contribution < -0.4 is 11.1 Å². The summed E-state index contributed by atoms with van der Waals surface area (Å²) in [5, 5.41) is 13.5. The molecule has 8 heteroatoms. The molecular formula is C13H17FN4O3. The first-order valence-electron chi connectivity index (χ1n) is 6.62. The second-order valence-corrected chi connectivity index (χ2v) is 5.19. The van der Waals surface area contributed by atoms with Crippen molar-refractivity contribution in [2.24, 2.45) is 0 Å². The molecule has 1 amide bonds. The van der Waals surface area contributed by atoms with Gasteiger partial charge in [0.2, 0.25) is 0 Å². The Bertz CT molecular complexity index is 579. The number of anilines is 1. The minimum atomic E-state index is -0.861. The van der Waals surface area contributed by atoms with Crippen molar-refractivity contribution in [1.29, 1.82) is 0 Å². The average Bonchev–Trinajstić information content (AvgIpc) is 2.38. The van der Waals surface area contributed by atoms with Crippen molar-refractivity contribution in [2.75, 3.05) is 25.9 Å². The van der Waals surface area contributed by atoms with Crippen molar-refractivity contribution in [3.05, 3.63) is 33.6 Å². The Morgan fingerprint density at radius 3 is 2.90 bits per heavy atom. The van der Waals surface area contributed by atoms with E-state index in [9.17, 15) is 19.3 Å². The Kier molecular flexibility index (Phi) is 4.37.